The van der Waals surface area contributed by atoms with Gasteiger partial charge in [-0.2, -0.15) is 5.26 Å². The maximum atomic E-state index is 12.6. The highest BCUT2D eigenvalue weighted by Gasteiger charge is 2.25. The fraction of sp³-hybridized carbons (Fsp3) is 0.238. The molecular weight excluding hydrogens is 406 g/mol. The molecule has 0 bridgehead atoms. The third-order valence-corrected chi connectivity index (χ3v) is 4.77. The molecule has 9 heteroatoms. The molecule has 2 amide bonds. The Kier molecular flexibility index (Phi) is 7.76. The summed E-state index contributed by atoms with van der Waals surface area (Å²) in [5.74, 6) is -1.24. The van der Waals surface area contributed by atoms with Crippen molar-refractivity contribution in [2.75, 3.05) is 5.32 Å². The van der Waals surface area contributed by atoms with Gasteiger partial charge in [-0.15, -0.1) is 0 Å². The molecule has 0 aliphatic rings. The summed E-state index contributed by atoms with van der Waals surface area (Å²) in [7, 11) is 0. The first kappa shape index (κ1) is 22.7. The molecular formula is C21H20ClN5O3. The molecule has 2 aromatic rings. The van der Waals surface area contributed by atoms with Crippen LogP contribution in [0.5, 0.6) is 0 Å². The number of carbonyl (C=O) groups is 2. The zero-order valence-corrected chi connectivity index (χ0v) is 17.1. The second-order valence-electron chi connectivity index (χ2n) is 6.39. The minimum atomic E-state index is -1.10. The Labute approximate surface area is 179 Å². The molecule has 0 radical (unpaired) electrons. The first-order valence-corrected chi connectivity index (χ1v) is 9.43. The highest BCUT2D eigenvalue weighted by molar-refractivity contribution is 6.34. The number of carbonyl (C=O) groups excluding carboxylic acids is 2. The average Bonchev–Trinajstić information content (AvgIpc) is 2.75. The van der Waals surface area contributed by atoms with Crippen molar-refractivity contribution >= 4 is 34.8 Å². The van der Waals surface area contributed by atoms with Crippen LogP contribution in [0.1, 0.15) is 35.3 Å². The molecule has 8 nitrogen and oxygen atoms in total. The van der Waals surface area contributed by atoms with E-state index in [0.717, 1.165) is 0 Å². The predicted molar refractivity (Wildman–Crippen MR) is 113 cm³/mol. The number of amides is 2. The molecule has 0 fully saturated rings. The Hall–Kier alpha value is -3.59. The summed E-state index contributed by atoms with van der Waals surface area (Å²) < 4.78 is 0. The highest BCUT2D eigenvalue weighted by Crippen LogP contribution is 2.34. The Bertz CT molecular complexity index is 1020. The Morgan fingerprint density at radius 3 is 2.43 bits per heavy atom. The summed E-state index contributed by atoms with van der Waals surface area (Å²) in [5.41, 5.74) is 6.67. The summed E-state index contributed by atoms with van der Waals surface area (Å²) >= 11 is 6.26. The van der Waals surface area contributed by atoms with Crippen molar-refractivity contribution in [1.29, 1.82) is 5.26 Å². The Morgan fingerprint density at radius 1 is 1.23 bits per heavy atom. The number of anilines is 1. The molecule has 0 saturated heterocycles. The van der Waals surface area contributed by atoms with Crippen molar-refractivity contribution < 1.29 is 14.7 Å². The minimum Gasteiger partial charge on any atom is -0.391 e. The monoisotopic (exact) mass is 425 g/mol. The standard InChI is InChI=1S/C21H20ClN5O3/c1-4-15-16(9-10-17(24-3)18(15)22)25-19(12(2)28)21(30)27-26-20(29)14-7-5-13(11-23)6-8-14/h5-10,12,19,25,28H,4H2,1-2H3,(H,26,29)(H,27,30)/t12?,19-/m1/s1. The van der Waals surface area contributed by atoms with Crippen LogP contribution in [0.15, 0.2) is 36.4 Å². The lowest BCUT2D eigenvalue weighted by Crippen LogP contribution is -2.52. The van der Waals surface area contributed by atoms with E-state index in [1.165, 1.54) is 37.3 Å². The van der Waals surface area contributed by atoms with Gasteiger partial charge >= 0.3 is 0 Å². The second-order valence-corrected chi connectivity index (χ2v) is 6.76. The van der Waals surface area contributed by atoms with Gasteiger partial charge in [-0.05, 0) is 49.2 Å². The lowest BCUT2D eigenvalue weighted by atomic mass is 10.1. The van der Waals surface area contributed by atoms with Gasteiger partial charge in [-0.3, -0.25) is 20.4 Å². The Morgan fingerprint density at radius 2 is 1.90 bits per heavy atom. The van der Waals surface area contributed by atoms with Gasteiger partial charge in [-0.25, -0.2) is 4.85 Å². The molecule has 2 rings (SSSR count). The maximum absolute atomic E-state index is 12.6. The van der Waals surface area contributed by atoms with E-state index in [4.69, 9.17) is 23.4 Å². The molecule has 1 unspecified atom stereocenters. The van der Waals surface area contributed by atoms with Gasteiger partial charge in [0.2, 0.25) is 5.69 Å². The molecule has 0 aliphatic heterocycles. The van der Waals surface area contributed by atoms with Gasteiger partial charge in [0.05, 0.1) is 29.3 Å². The van der Waals surface area contributed by atoms with E-state index in [9.17, 15) is 14.7 Å². The summed E-state index contributed by atoms with van der Waals surface area (Å²) in [6.45, 7) is 10.4. The zero-order valence-electron chi connectivity index (χ0n) is 16.4. The van der Waals surface area contributed by atoms with E-state index in [2.05, 4.69) is 21.0 Å². The van der Waals surface area contributed by atoms with Crippen LogP contribution in [0, 0.1) is 17.9 Å². The molecule has 0 spiro atoms. The number of nitriles is 1. The van der Waals surface area contributed by atoms with Gasteiger partial charge in [0.25, 0.3) is 11.8 Å². The normalized spacial score (nSPS) is 12.1. The molecule has 0 aliphatic carbocycles. The average molecular weight is 426 g/mol. The largest absolute Gasteiger partial charge is 0.391 e. The van der Waals surface area contributed by atoms with E-state index >= 15 is 0 Å². The van der Waals surface area contributed by atoms with Crippen molar-refractivity contribution in [3.8, 4) is 6.07 Å². The molecule has 0 saturated carbocycles. The van der Waals surface area contributed by atoms with Crippen molar-refractivity contribution in [3.63, 3.8) is 0 Å². The van der Waals surface area contributed by atoms with Crippen LogP contribution in [0.4, 0.5) is 11.4 Å². The van der Waals surface area contributed by atoms with Gasteiger partial charge in [0, 0.05) is 11.3 Å². The summed E-state index contributed by atoms with van der Waals surface area (Å²) in [5, 5.41) is 22.1. The number of aliphatic hydroxyl groups is 1. The van der Waals surface area contributed by atoms with Crippen LogP contribution in [0.25, 0.3) is 4.85 Å². The number of hydrazine groups is 1. The van der Waals surface area contributed by atoms with E-state index < -0.39 is 24.0 Å². The lowest BCUT2D eigenvalue weighted by molar-refractivity contribution is -0.124. The summed E-state index contributed by atoms with van der Waals surface area (Å²) in [6.07, 6.45) is -0.588. The number of aliphatic hydroxyl groups excluding tert-OH is 1. The first-order valence-electron chi connectivity index (χ1n) is 9.06. The number of hydrogen-bond donors (Lipinski definition) is 4. The van der Waals surface area contributed by atoms with Gasteiger partial charge in [0.1, 0.15) is 6.04 Å². The number of nitrogens with one attached hydrogen (secondary N) is 3. The second kappa shape index (κ2) is 10.3. The SMILES string of the molecule is [C-]#[N+]c1ccc(N[C@@H](C(=O)NNC(=O)c2ccc(C#N)cc2)C(C)O)c(CC)c1Cl. The number of benzene rings is 2. The van der Waals surface area contributed by atoms with Crippen molar-refractivity contribution in [1.82, 2.24) is 10.9 Å². The van der Waals surface area contributed by atoms with Crippen LogP contribution >= 0.6 is 11.6 Å². The van der Waals surface area contributed by atoms with E-state index in [0.29, 0.717) is 28.9 Å². The summed E-state index contributed by atoms with van der Waals surface area (Å²) in [6, 6.07) is 9.90. The molecule has 0 aromatic heterocycles. The van der Waals surface area contributed by atoms with E-state index in [1.54, 1.807) is 6.07 Å². The van der Waals surface area contributed by atoms with Crippen LogP contribution in [-0.2, 0) is 11.2 Å². The third kappa shape index (κ3) is 5.26. The molecule has 0 heterocycles. The molecule has 154 valence electrons. The van der Waals surface area contributed by atoms with Crippen molar-refractivity contribution in [3.05, 3.63) is 69.5 Å². The zero-order chi connectivity index (χ0) is 22.3. The van der Waals surface area contributed by atoms with Crippen LogP contribution < -0.4 is 16.2 Å². The Balaban J connectivity index is 2.12. The van der Waals surface area contributed by atoms with Crippen LogP contribution in [0.2, 0.25) is 5.02 Å². The number of rotatable bonds is 6. The van der Waals surface area contributed by atoms with E-state index in [1.807, 2.05) is 13.0 Å². The predicted octanol–water partition coefficient (Wildman–Crippen LogP) is 2.95. The van der Waals surface area contributed by atoms with Crippen molar-refractivity contribution in [2.24, 2.45) is 0 Å². The van der Waals surface area contributed by atoms with Crippen LogP contribution in [-0.4, -0.2) is 29.1 Å². The number of hydrogen-bond acceptors (Lipinski definition) is 5. The lowest BCUT2D eigenvalue weighted by Gasteiger charge is -2.24. The molecule has 4 N–H and O–H groups in total. The van der Waals surface area contributed by atoms with Crippen LogP contribution in [0.3, 0.4) is 0 Å². The topological polar surface area (TPSA) is 119 Å². The quantitative estimate of drug-likeness (QED) is 0.419. The molecule has 30 heavy (non-hydrogen) atoms. The van der Waals surface area contributed by atoms with Gasteiger partial charge < -0.3 is 10.4 Å². The number of nitrogens with zero attached hydrogens (tertiary/aromatic N) is 2. The fourth-order valence-electron chi connectivity index (χ4n) is 2.71. The summed E-state index contributed by atoms with van der Waals surface area (Å²) in [4.78, 5) is 28.1. The maximum Gasteiger partial charge on any atom is 0.269 e. The van der Waals surface area contributed by atoms with Crippen molar-refractivity contribution in [2.45, 2.75) is 32.4 Å². The fourth-order valence-corrected chi connectivity index (χ4v) is 3.05. The first-order chi connectivity index (χ1) is 14.3. The van der Waals surface area contributed by atoms with E-state index in [-0.39, 0.29) is 10.6 Å². The van der Waals surface area contributed by atoms with Gasteiger partial charge in [-0.1, -0.05) is 24.6 Å². The molecule has 2 atom stereocenters. The third-order valence-electron chi connectivity index (χ3n) is 4.35. The number of halogens is 1. The minimum absolute atomic E-state index is 0.255. The van der Waals surface area contributed by atoms with Gasteiger partial charge in [0.15, 0.2) is 0 Å². The smallest absolute Gasteiger partial charge is 0.269 e. The highest BCUT2D eigenvalue weighted by atomic mass is 35.5. The molecule has 2 aromatic carbocycles.